The van der Waals surface area contributed by atoms with E-state index in [1.165, 1.54) is 0 Å². The van der Waals surface area contributed by atoms with Crippen LogP contribution in [0.1, 0.15) is 56.7 Å². The van der Waals surface area contributed by atoms with Crippen molar-refractivity contribution in [3.8, 4) is 11.1 Å². The number of nitrogens with zero attached hydrogens (tertiary/aromatic N) is 3. The number of benzene rings is 1. The molecule has 0 amide bonds. The van der Waals surface area contributed by atoms with Crippen molar-refractivity contribution in [2.24, 2.45) is 5.92 Å². The van der Waals surface area contributed by atoms with Crippen molar-refractivity contribution < 1.29 is 9.90 Å². The number of rotatable bonds is 7. The summed E-state index contributed by atoms with van der Waals surface area (Å²) in [5.74, 6) is 0.866. The van der Waals surface area contributed by atoms with Crippen LogP contribution in [0.25, 0.3) is 11.1 Å². The lowest BCUT2D eigenvalue weighted by Crippen LogP contribution is -2.29. The first-order valence-electron chi connectivity index (χ1n) is 11.5. The highest BCUT2D eigenvalue weighted by Gasteiger charge is 2.25. The molecule has 0 bridgehead atoms. The number of pyridine rings is 1. The molecule has 0 aliphatic heterocycles. The number of aryl methyl sites for hydroxylation is 1. The zero-order chi connectivity index (χ0) is 23.4. The standard InChI is InChI=1S/C26H31N5O2/c1-16(2)23-10-11-27-26(31-23)30-22-13-17(3)12-20(14-22)19-6-9-24(28-15-19)29-21-7-4-18(5-8-21)25(32)33/h6,9-16,18,21H,4-5,7-8H2,1-3H3,(H,28,29)(H,32,33)(H,27,30,31). The van der Waals surface area contributed by atoms with Crippen LogP contribution in [0.5, 0.6) is 0 Å². The molecule has 1 aromatic carbocycles. The van der Waals surface area contributed by atoms with Gasteiger partial charge >= 0.3 is 5.97 Å². The topological polar surface area (TPSA) is 100 Å². The van der Waals surface area contributed by atoms with Gasteiger partial charge in [-0.25, -0.2) is 15.0 Å². The third-order valence-electron chi connectivity index (χ3n) is 6.13. The van der Waals surface area contributed by atoms with E-state index in [9.17, 15) is 4.79 Å². The van der Waals surface area contributed by atoms with Crippen LogP contribution in [0.4, 0.5) is 17.5 Å². The van der Waals surface area contributed by atoms with Crippen LogP contribution in [0, 0.1) is 12.8 Å². The van der Waals surface area contributed by atoms with Crippen molar-refractivity contribution in [2.75, 3.05) is 10.6 Å². The maximum absolute atomic E-state index is 11.1. The Bertz CT molecular complexity index is 1110. The predicted octanol–water partition coefficient (Wildman–Crippen LogP) is 5.77. The van der Waals surface area contributed by atoms with E-state index in [2.05, 4.69) is 70.6 Å². The molecule has 1 fully saturated rings. The first kappa shape index (κ1) is 22.7. The summed E-state index contributed by atoms with van der Waals surface area (Å²) in [6.07, 6.45) is 6.80. The summed E-state index contributed by atoms with van der Waals surface area (Å²) >= 11 is 0. The highest BCUT2D eigenvalue weighted by Crippen LogP contribution is 2.29. The van der Waals surface area contributed by atoms with Gasteiger partial charge in [0.15, 0.2) is 0 Å². The van der Waals surface area contributed by atoms with E-state index in [0.717, 1.165) is 46.7 Å². The zero-order valence-electron chi connectivity index (χ0n) is 19.4. The minimum atomic E-state index is -0.679. The summed E-state index contributed by atoms with van der Waals surface area (Å²) in [5, 5.41) is 16.0. The highest BCUT2D eigenvalue weighted by molar-refractivity contribution is 5.71. The molecular weight excluding hydrogens is 414 g/mol. The summed E-state index contributed by atoms with van der Waals surface area (Å²) in [6.45, 7) is 6.30. The predicted molar refractivity (Wildman–Crippen MR) is 131 cm³/mol. The molecule has 3 aromatic rings. The molecule has 0 unspecified atom stereocenters. The van der Waals surface area contributed by atoms with Crippen molar-refractivity contribution in [1.82, 2.24) is 15.0 Å². The van der Waals surface area contributed by atoms with Crippen LogP contribution >= 0.6 is 0 Å². The van der Waals surface area contributed by atoms with E-state index in [1.54, 1.807) is 6.20 Å². The van der Waals surface area contributed by atoms with Gasteiger partial charge in [0.05, 0.1) is 5.92 Å². The number of carboxylic acids is 1. The zero-order valence-corrected chi connectivity index (χ0v) is 19.4. The van der Waals surface area contributed by atoms with E-state index >= 15 is 0 Å². The van der Waals surface area contributed by atoms with Crippen LogP contribution in [0.2, 0.25) is 0 Å². The molecule has 3 N–H and O–H groups in total. The molecule has 2 aromatic heterocycles. The molecule has 0 saturated heterocycles. The normalized spacial score (nSPS) is 18.2. The molecule has 1 aliphatic rings. The maximum Gasteiger partial charge on any atom is 0.306 e. The van der Waals surface area contributed by atoms with Crippen LogP contribution in [0.3, 0.4) is 0 Å². The molecule has 2 heterocycles. The average Bonchev–Trinajstić information content (AvgIpc) is 2.80. The lowest BCUT2D eigenvalue weighted by molar-refractivity contribution is -0.142. The van der Waals surface area contributed by atoms with Crippen LogP contribution in [-0.4, -0.2) is 32.1 Å². The number of aromatic nitrogens is 3. The maximum atomic E-state index is 11.1. The van der Waals surface area contributed by atoms with E-state index in [1.807, 2.05) is 18.3 Å². The Hall–Kier alpha value is -3.48. The minimum absolute atomic E-state index is 0.208. The Morgan fingerprint density at radius 3 is 2.48 bits per heavy atom. The van der Waals surface area contributed by atoms with Crippen molar-refractivity contribution in [3.63, 3.8) is 0 Å². The molecule has 0 spiro atoms. The summed E-state index contributed by atoms with van der Waals surface area (Å²) in [6, 6.07) is 12.6. The number of hydrogen-bond acceptors (Lipinski definition) is 6. The second kappa shape index (κ2) is 9.98. The van der Waals surface area contributed by atoms with Gasteiger partial charge < -0.3 is 15.7 Å². The summed E-state index contributed by atoms with van der Waals surface area (Å²) in [4.78, 5) is 24.7. The number of hydrogen-bond donors (Lipinski definition) is 3. The average molecular weight is 446 g/mol. The monoisotopic (exact) mass is 445 g/mol. The van der Waals surface area contributed by atoms with Crippen LogP contribution in [-0.2, 0) is 4.79 Å². The molecule has 33 heavy (non-hydrogen) atoms. The van der Waals surface area contributed by atoms with Gasteiger partial charge in [0.2, 0.25) is 5.95 Å². The molecule has 7 heteroatoms. The fraction of sp³-hybridized carbons (Fsp3) is 0.385. The Balaban J connectivity index is 1.44. The minimum Gasteiger partial charge on any atom is -0.481 e. The number of carbonyl (C=O) groups is 1. The van der Waals surface area contributed by atoms with E-state index < -0.39 is 5.97 Å². The van der Waals surface area contributed by atoms with Crippen molar-refractivity contribution in [3.05, 3.63) is 60.0 Å². The lowest BCUT2D eigenvalue weighted by Gasteiger charge is -2.27. The fourth-order valence-electron chi connectivity index (χ4n) is 4.25. The Labute approximate surface area is 194 Å². The molecule has 1 saturated carbocycles. The van der Waals surface area contributed by atoms with Crippen molar-refractivity contribution >= 4 is 23.4 Å². The lowest BCUT2D eigenvalue weighted by atomic mass is 9.86. The van der Waals surface area contributed by atoms with E-state index in [-0.39, 0.29) is 12.0 Å². The van der Waals surface area contributed by atoms with Gasteiger partial charge in [0, 0.05) is 35.4 Å². The second-order valence-electron chi connectivity index (χ2n) is 9.14. The van der Waals surface area contributed by atoms with Gasteiger partial charge in [-0.2, -0.15) is 0 Å². The molecule has 172 valence electrons. The third-order valence-corrected chi connectivity index (χ3v) is 6.13. The molecular formula is C26H31N5O2. The van der Waals surface area contributed by atoms with Gasteiger partial charge in [-0.15, -0.1) is 0 Å². The first-order chi connectivity index (χ1) is 15.9. The quantitative estimate of drug-likeness (QED) is 0.424. The fourth-order valence-corrected chi connectivity index (χ4v) is 4.25. The SMILES string of the molecule is Cc1cc(Nc2nccc(C(C)C)n2)cc(-c2ccc(NC3CCC(C(=O)O)CC3)nc2)c1. The molecule has 1 aliphatic carbocycles. The summed E-state index contributed by atoms with van der Waals surface area (Å²) in [7, 11) is 0. The highest BCUT2D eigenvalue weighted by atomic mass is 16.4. The van der Waals surface area contributed by atoms with Gasteiger partial charge in [-0.1, -0.05) is 19.9 Å². The van der Waals surface area contributed by atoms with Crippen molar-refractivity contribution in [2.45, 2.75) is 58.4 Å². The van der Waals surface area contributed by atoms with E-state index in [0.29, 0.717) is 24.7 Å². The van der Waals surface area contributed by atoms with Gasteiger partial charge in [0.1, 0.15) is 5.82 Å². The molecule has 7 nitrogen and oxygen atoms in total. The summed E-state index contributed by atoms with van der Waals surface area (Å²) < 4.78 is 0. The Kier molecular flexibility index (Phi) is 6.87. The Morgan fingerprint density at radius 1 is 1.03 bits per heavy atom. The molecule has 0 radical (unpaired) electrons. The molecule has 0 atom stereocenters. The van der Waals surface area contributed by atoms with Gasteiger partial charge in [-0.3, -0.25) is 4.79 Å². The number of aliphatic carboxylic acids is 1. The first-order valence-corrected chi connectivity index (χ1v) is 11.5. The van der Waals surface area contributed by atoms with E-state index in [4.69, 9.17) is 5.11 Å². The second-order valence-corrected chi connectivity index (χ2v) is 9.14. The molecule has 4 rings (SSSR count). The largest absolute Gasteiger partial charge is 0.481 e. The third kappa shape index (κ3) is 5.86. The van der Waals surface area contributed by atoms with Crippen molar-refractivity contribution in [1.29, 1.82) is 0 Å². The van der Waals surface area contributed by atoms with Gasteiger partial charge in [-0.05, 0) is 80.0 Å². The summed E-state index contributed by atoms with van der Waals surface area (Å²) in [5.41, 5.74) is 5.16. The van der Waals surface area contributed by atoms with Gasteiger partial charge in [0.25, 0.3) is 0 Å². The Morgan fingerprint density at radius 2 is 1.82 bits per heavy atom. The van der Waals surface area contributed by atoms with Crippen LogP contribution in [0.15, 0.2) is 48.8 Å². The smallest absolute Gasteiger partial charge is 0.306 e. The number of anilines is 3. The number of carboxylic acid groups (broad SMARTS) is 1. The van der Waals surface area contributed by atoms with Crippen LogP contribution < -0.4 is 10.6 Å². The number of nitrogens with one attached hydrogen (secondary N) is 2.